The summed E-state index contributed by atoms with van der Waals surface area (Å²) in [7, 11) is 4.06. The van der Waals surface area contributed by atoms with E-state index < -0.39 is 0 Å². The van der Waals surface area contributed by atoms with Crippen LogP contribution in [0.3, 0.4) is 0 Å². The molecule has 0 unspecified atom stereocenters. The molecule has 1 spiro atoms. The van der Waals surface area contributed by atoms with Crippen LogP contribution in [0.1, 0.15) is 31.2 Å². The lowest BCUT2D eigenvalue weighted by Crippen LogP contribution is -2.53. The van der Waals surface area contributed by atoms with Gasteiger partial charge in [-0.1, -0.05) is 12.1 Å². The van der Waals surface area contributed by atoms with Gasteiger partial charge in [0, 0.05) is 39.1 Å². The molecule has 1 N–H and O–H groups in total. The standard InChI is InChI=1S/C21H31N3O3/c1-22(2)13-14-24-16-21(8-7-19(24)26)9-11-23(12-10-21)20(27)15-17-3-5-18(25)6-4-17/h3-6,25H,7-16H2,1-2H3. The Morgan fingerprint density at radius 2 is 1.81 bits per heavy atom. The van der Waals surface area contributed by atoms with Gasteiger partial charge in [0.1, 0.15) is 5.75 Å². The molecular weight excluding hydrogens is 342 g/mol. The summed E-state index contributed by atoms with van der Waals surface area (Å²) in [6.45, 7) is 4.05. The van der Waals surface area contributed by atoms with Crippen molar-refractivity contribution in [2.45, 2.75) is 32.1 Å². The first-order valence-electron chi connectivity index (χ1n) is 9.85. The molecule has 3 rings (SSSR count). The van der Waals surface area contributed by atoms with Gasteiger partial charge in [0.25, 0.3) is 0 Å². The monoisotopic (exact) mass is 373 g/mol. The van der Waals surface area contributed by atoms with Crippen molar-refractivity contribution >= 4 is 11.8 Å². The molecule has 6 nitrogen and oxygen atoms in total. The molecule has 2 saturated heterocycles. The fourth-order valence-electron chi connectivity index (χ4n) is 4.17. The predicted molar refractivity (Wildman–Crippen MR) is 104 cm³/mol. The molecule has 2 amide bonds. The minimum absolute atomic E-state index is 0.145. The number of hydrogen-bond donors (Lipinski definition) is 1. The Morgan fingerprint density at radius 1 is 1.15 bits per heavy atom. The number of likely N-dealkylation sites (tertiary alicyclic amines) is 2. The van der Waals surface area contributed by atoms with Crippen LogP contribution in [-0.4, -0.2) is 78.4 Å². The maximum Gasteiger partial charge on any atom is 0.226 e. The van der Waals surface area contributed by atoms with E-state index in [9.17, 15) is 14.7 Å². The molecule has 0 radical (unpaired) electrons. The molecule has 0 atom stereocenters. The van der Waals surface area contributed by atoms with E-state index in [1.807, 2.05) is 23.9 Å². The van der Waals surface area contributed by atoms with Crippen LogP contribution < -0.4 is 0 Å². The molecule has 0 aliphatic carbocycles. The minimum atomic E-state index is 0.145. The summed E-state index contributed by atoms with van der Waals surface area (Å²) in [4.78, 5) is 31.0. The van der Waals surface area contributed by atoms with E-state index in [0.717, 1.165) is 57.5 Å². The molecule has 2 aliphatic heterocycles. The third kappa shape index (κ3) is 5.01. The molecule has 148 valence electrons. The average Bonchev–Trinajstić information content (AvgIpc) is 2.65. The van der Waals surface area contributed by atoms with Crippen molar-refractivity contribution in [3.8, 4) is 5.75 Å². The zero-order valence-corrected chi connectivity index (χ0v) is 16.5. The summed E-state index contributed by atoms with van der Waals surface area (Å²) in [6.07, 6.45) is 3.90. The number of nitrogens with zero attached hydrogens (tertiary/aromatic N) is 3. The van der Waals surface area contributed by atoms with Gasteiger partial charge in [-0.25, -0.2) is 0 Å². The molecule has 0 aromatic heterocycles. The van der Waals surface area contributed by atoms with Crippen molar-refractivity contribution in [2.75, 3.05) is 46.8 Å². The molecule has 27 heavy (non-hydrogen) atoms. The van der Waals surface area contributed by atoms with E-state index in [2.05, 4.69) is 4.90 Å². The number of amides is 2. The summed E-state index contributed by atoms with van der Waals surface area (Å²) in [6, 6.07) is 6.84. The third-order valence-electron chi connectivity index (χ3n) is 6.03. The minimum Gasteiger partial charge on any atom is -0.508 e. The first-order valence-corrected chi connectivity index (χ1v) is 9.85. The van der Waals surface area contributed by atoms with Crippen molar-refractivity contribution in [2.24, 2.45) is 5.41 Å². The highest BCUT2D eigenvalue weighted by atomic mass is 16.3. The van der Waals surface area contributed by atoms with E-state index in [1.54, 1.807) is 24.3 Å². The Hall–Kier alpha value is -2.08. The topological polar surface area (TPSA) is 64.1 Å². The van der Waals surface area contributed by atoms with Crippen LogP contribution in [0, 0.1) is 5.41 Å². The number of hydrogen-bond acceptors (Lipinski definition) is 4. The highest BCUT2D eigenvalue weighted by Gasteiger charge is 2.41. The van der Waals surface area contributed by atoms with E-state index in [-0.39, 0.29) is 23.0 Å². The fourth-order valence-corrected chi connectivity index (χ4v) is 4.17. The van der Waals surface area contributed by atoms with Gasteiger partial charge >= 0.3 is 0 Å². The normalized spacial score (nSPS) is 19.7. The Balaban J connectivity index is 1.53. The summed E-state index contributed by atoms with van der Waals surface area (Å²) in [5.74, 6) is 0.636. The molecule has 0 saturated carbocycles. The molecule has 2 fully saturated rings. The predicted octanol–water partition coefficient (Wildman–Crippen LogP) is 1.73. The quantitative estimate of drug-likeness (QED) is 0.854. The SMILES string of the molecule is CN(C)CCN1CC2(CCC1=O)CCN(C(=O)Cc1ccc(O)cc1)CC2. The van der Waals surface area contributed by atoms with Crippen LogP contribution in [-0.2, 0) is 16.0 Å². The van der Waals surface area contributed by atoms with Crippen LogP contribution in [0.4, 0.5) is 0 Å². The summed E-state index contributed by atoms with van der Waals surface area (Å²) in [5.41, 5.74) is 1.10. The Kier molecular flexibility index (Phi) is 6.05. The number of phenolic OH excluding ortho intramolecular Hbond substituents is 1. The van der Waals surface area contributed by atoms with Crippen LogP contribution in [0.2, 0.25) is 0 Å². The van der Waals surface area contributed by atoms with E-state index in [4.69, 9.17) is 0 Å². The van der Waals surface area contributed by atoms with Gasteiger partial charge < -0.3 is 19.8 Å². The number of phenols is 1. The largest absolute Gasteiger partial charge is 0.508 e. The van der Waals surface area contributed by atoms with Crippen molar-refractivity contribution in [1.29, 1.82) is 0 Å². The molecule has 1 aromatic carbocycles. The van der Waals surface area contributed by atoms with Gasteiger partial charge in [-0.15, -0.1) is 0 Å². The first kappa shape index (κ1) is 19.7. The van der Waals surface area contributed by atoms with Gasteiger partial charge in [0.2, 0.25) is 11.8 Å². The zero-order valence-electron chi connectivity index (χ0n) is 16.5. The summed E-state index contributed by atoms with van der Waals surface area (Å²) < 4.78 is 0. The van der Waals surface area contributed by atoms with Gasteiger partial charge in [0.05, 0.1) is 6.42 Å². The molecular formula is C21H31N3O3. The second-order valence-electron chi connectivity index (χ2n) is 8.34. The zero-order chi connectivity index (χ0) is 19.4. The molecule has 1 aromatic rings. The van der Waals surface area contributed by atoms with Crippen molar-refractivity contribution < 1.29 is 14.7 Å². The van der Waals surface area contributed by atoms with Gasteiger partial charge in [-0.2, -0.15) is 0 Å². The average molecular weight is 373 g/mol. The van der Waals surface area contributed by atoms with Crippen molar-refractivity contribution in [3.05, 3.63) is 29.8 Å². The molecule has 6 heteroatoms. The Bertz CT molecular complexity index is 664. The van der Waals surface area contributed by atoms with E-state index >= 15 is 0 Å². The second-order valence-corrected chi connectivity index (χ2v) is 8.34. The smallest absolute Gasteiger partial charge is 0.226 e. The lowest BCUT2D eigenvalue weighted by atomic mass is 9.72. The van der Waals surface area contributed by atoms with Gasteiger partial charge in [0.15, 0.2) is 0 Å². The number of piperidine rings is 2. The Morgan fingerprint density at radius 3 is 2.44 bits per heavy atom. The van der Waals surface area contributed by atoms with Crippen LogP contribution in [0.15, 0.2) is 24.3 Å². The van der Waals surface area contributed by atoms with E-state index in [0.29, 0.717) is 12.8 Å². The maximum absolute atomic E-state index is 12.6. The number of aromatic hydroxyl groups is 1. The Labute approximate surface area is 161 Å². The fraction of sp³-hybridized carbons (Fsp3) is 0.619. The number of carbonyl (C=O) groups excluding carboxylic acids is 2. The van der Waals surface area contributed by atoms with Crippen LogP contribution in [0.25, 0.3) is 0 Å². The van der Waals surface area contributed by atoms with E-state index in [1.165, 1.54) is 0 Å². The first-order chi connectivity index (χ1) is 12.9. The number of rotatable bonds is 5. The van der Waals surface area contributed by atoms with Crippen LogP contribution in [0.5, 0.6) is 5.75 Å². The number of likely N-dealkylation sites (N-methyl/N-ethyl adjacent to an activating group) is 1. The lowest BCUT2D eigenvalue weighted by molar-refractivity contribution is -0.142. The highest BCUT2D eigenvalue weighted by Crippen LogP contribution is 2.40. The lowest BCUT2D eigenvalue weighted by Gasteiger charge is -2.47. The molecule has 2 aliphatic rings. The summed E-state index contributed by atoms with van der Waals surface area (Å²) >= 11 is 0. The van der Waals surface area contributed by atoms with Crippen molar-refractivity contribution in [1.82, 2.24) is 14.7 Å². The van der Waals surface area contributed by atoms with Gasteiger partial charge in [-0.3, -0.25) is 9.59 Å². The highest BCUT2D eigenvalue weighted by molar-refractivity contribution is 5.79. The maximum atomic E-state index is 12.6. The number of benzene rings is 1. The summed E-state index contributed by atoms with van der Waals surface area (Å²) in [5, 5.41) is 9.36. The molecule has 2 heterocycles. The number of carbonyl (C=O) groups is 2. The third-order valence-corrected chi connectivity index (χ3v) is 6.03. The van der Waals surface area contributed by atoms with Gasteiger partial charge in [-0.05, 0) is 56.5 Å². The van der Waals surface area contributed by atoms with Crippen molar-refractivity contribution in [3.63, 3.8) is 0 Å². The molecule has 0 bridgehead atoms. The second kappa shape index (κ2) is 8.30. The van der Waals surface area contributed by atoms with Crippen LogP contribution >= 0.6 is 0 Å².